The van der Waals surface area contributed by atoms with Gasteiger partial charge in [0.2, 0.25) is 0 Å². The van der Waals surface area contributed by atoms with Crippen molar-refractivity contribution < 1.29 is 20.1 Å². The monoisotopic (exact) mass is 224 g/mol. The first kappa shape index (κ1) is 10.8. The second-order valence-corrected chi connectivity index (χ2v) is 3.78. The molecule has 2 rings (SSSR count). The standard InChI is InChI=1S/C10H12N2O4/c13-7-1-6(2-11-3-7)10(16)12-4-8(14)9(15)5-12/h1-3,8-9,13-15H,4-5H2. The summed E-state index contributed by atoms with van der Waals surface area (Å²) in [4.78, 5) is 16.9. The average Bonchev–Trinajstić information content (AvgIpc) is 2.58. The number of likely N-dealkylation sites (tertiary alicyclic amines) is 1. The maximum Gasteiger partial charge on any atom is 0.255 e. The molecule has 0 spiro atoms. The number of hydrogen-bond donors (Lipinski definition) is 3. The normalized spacial score (nSPS) is 24.8. The van der Waals surface area contributed by atoms with Gasteiger partial charge in [0, 0.05) is 19.3 Å². The lowest BCUT2D eigenvalue weighted by atomic mass is 10.2. The number of amides is 1. The molecule has 2 heterocycles. The average molecular weight is 224 g/mol. The highest BCUT2D eigenvalue weighted by Crippen LogP contribution is 2.16. The smallest absolute Gasteiger partial charge is 0.255 e. The fourth-order valence-electron chi connectivity index (χ4n) is 1.66. The van der Waals surface area contributed by atoms with Gasteiger partial charge in [0.15, 0.2) is 0 Å². The van der Waals surface area contributed by atoms with Crippen LogP contribution in [0.5, 0.6) is 5.75 Å². The van der Waals surface area contributed by atoms with Gasteiger partial charge in [0.05, 0.1) is 24.0 Å². The van der Waals surface area contributed by atoms with E-state index in [0.29, 0.717) is 0 Å². The van der Waals surface area contributed by atoms with Crippen LogP contribution in [0.25, 0.3) is 0 Å². The van der Waals surface area contributed by atoms with E-state index in [4.69, 9.17) is 0 Å². The van der Waals surface area contributed by atoms with E-state index in [9.17, 15) is 20.1 Å². The fourth-order valence-corrected chi connectivity index (χ4v) is 1.66. The minimum absolute atomic E-state index is 0.0915. The number of hydrogen-bond acceptors (Lipinski definition) is 5. The summed E-state index contributed by atoms with van der Waals surface area (Å²) in [5, 5.41) is 27.8. The van der Waals surface area contributed by atoms with Gasteiger partial charge in [-0.2, -0.15) is 0 Å². The third-order valence-corrected chi connectivity index (χ3v) is 2.52. The summed E-state index contributed by atoms with van der Waals surface area (Å²) in [6.07, 6.45) is 0.743. The van der Waals surface area contributed by atoms with Gasteiger partial charge < -0.3 is 20.2 Å². The van der Waals surface area contributed by atoms with Crippen molar-refractivity contribution in [3.05, 3.63) is 24.0 Å². The van der Waals surface area contributed by atoms with E-state index in [1.807, 2.05) is 0 Å². The maximum absolute atomic E-state index is 11.8. The van der Waals surface area contributed by atoms with E-state index in [0.717, 1.165) is 0 Å². The van der Waals surface area contributed by atoms with Crippen molar-refractivity contribution in [3.63, 3.8) is 0 Å². The van der Waals surface area contributed by atoms with Crippen LogP contribution in [0.4, 0.5) is 0 Å². The maximum atomic E-state index is 11.8. The van der Waals surface area contributed by atoms with E-state index in [1.165, 1.54) is 23.4 Å². The van der Waals surface area contributed by atoms with Gasteiger partial charge in [-0.1, -0.05) is 0 Å². The summed E-state index contributed by atoms with van der Waals surface area (Å²) < 4.78 is 0. The van der Waals surface area contributed by atoms with Crippen LogP contribution >= 0.6 is 0 Å². The number of pyridine rings is 1. The number of carbonyl (C=O) groups excluding carboxylic acids is 1. The molecule has 16 heavy (non-hydrogen) atoms. The summed E-state index contributed by atoms with van der Waals surface area (Å²) in [5.74, 6) is -0.454. The van der Waals surface area contributed by atoms with Crippen LogP contribution in [0, 0.1) is 0 Å². The topological polar surface area (TPSA) is 93.9 Å². The van der Waals surface area contributed by atoms with Crippen LogP contribution in [-0.2, 0) is 0 Å². The SMILES string of the molecule is O=C(c1cncc(O)c1)N1CC(O)C(O)C1. The molecule has 1 saturated heterocycles. The number of aromatic nitrogens is 1. The van der Waals surface area contributed by atoms with Crippen molar-refractivity contribution in [2.75, 3.05) is 13.1 Å². The quantitative estimate of drug-likeness (QED) is 0.566. The molecule has 0 saturated carbocycles. The summed E-state index contributed by atoms with van der Waals surface area (Å²) in [5.41, 5.74) is 0.237. The van der Waals surface area contributed by atoms with E-state index in [1.54, 1.807) is 0 Å². The minimum atomic E-state index is -0.908. The Bertz CT molecular complexity index is 400. The molecule has 0 radical (unpaired) electrons. The first-order valence-corrected chi connectivity index (χ1v) is 4.87. The van der Waals surface area contributed by atoms with Gasteiger partial charge in [-0.15, -0.1) is 0 Å². The molecule has 2 unspecified atom stereocenters. The second-order valence-electron chi connectivity index (χ2n) is 3.78. The van der Waals surface area contributed by atoms with E-state index < -0.39 is 12.2 Å². The van der Waals surface area contributed by atoms with Crippen LogP contribution < -0.4 is 0 Å². The molecular weight excluding hydrogens is 212 g/mol. The first-order chi connectivity index (χ1) is 7.58. The highest BCUT2D eigenvalue weighted by molar-refractivity contribution is 5.94. The molecular formula is C10H12N2O4. The Kier molecular flexibility index (Phi) is 2.76. The predicted octanol–water partition coefficient (Wildman–Crippen LogP) is -1.04. The van der Waals surface area contributed by atoms with Crippen LogP contribution in [0.3, 0.4) is 0 Å². The molecule has 1 aliphatic heterocycles. The Morgan fingerprint density at radius 1 is 1.31 bits per heavy atom. The number of aliphatic hydroxyl groups is 2. The number of carbonyl (C=O) groups is 1. The molecule has 1 aromatic heterocycles. The highest BCUT2D eigenvalue weighted by Gasteiger charge is 2.33. The zero-order valence-corrected chi connectivity index (χ0v) is 8.45. The van der Waals surface area contributed by atoms with Gasteiger partial charge in [0.1, 0.15) is 5.75 Å². The Morgan fingerprint density at radius 2 is 1.94 bits per heavy atom. The zero-order valence-electron chi connectivity index (χ0n) is 8.45. The van der Waals surface area contributed by atoms with Crippen LogP contribution in [-0.4, -0.2) is 56.4 Å². The molecule has 1 aliphatic rings. The number of nitrogens with zero attached hydrogens (tertiary/aromatic N) is 2. The lowest BCUT2D eigenvalue weighted by Gasteiger charge is -2.14. The summed E-state index contributed by atoms with van der Waals surface area (Å²) in [7, 11) is 0. The summed E-state index contributed by atoms with van der Waals surface area (Å²) in [6.45, 7) is 0.186. The molecule has 3 N–H and O–H groups in total. The van der Waals surface area contributed by atoms with Crippen molar-refractivity contribution in [3.8, 4) is 5.75 Å². The molecule has 0 bridgehead atoms. The highest BCUT2D eigenvalue weighted by atomic mass is 16.3. The Morgan fingerprint density at radius 3 is 2.50 bits per heavy atom. The van der Waals surface area contributed by atoms with Crippen molar-refractivity contribution in [2.24, 2.45) is 0 Å². The first-order valence-electron chi connectivity index (χ1n) is 4.87. The number of aliphatic hydroxyl groups excluding tert-OH is 2. The molecule has 1 fully saturated rings. The molecule has 0 aliphatic carbocycles. The molecule has 2 atom stereocenters. The molecule has 6 heteroatoms. The van der Waals surface area contributed by atoms with Gasteiger partial charge in [-0.3, -0.25) is 9.78 Å². The Labute approximate surface area is 91.8 Å². The van der Waals surface area contributed by atoms with E-state index in [-0.39, 0.29) is 30.3 Å². The Hall–Kier alpha value is -1.66. The molecule has 1 aromatic rings. The third kappa shape index (κ3) is 1.98. The predicted molar refractivity (Wildman–Crippen MR) is 53.8 cm³/mol. The summed E-state index contributed by atoms with van der Waals surface area (Å²) >= 11 is 0. The van der Waals surface area contributed by atoms with Crippen molar-refractivity contribution >= 4 is 5.91 Å². The number of rotatable bonds is 1. The van der Waals surface area contributed by atoms with Crippen LogP contribution in [0.1, 0.15) is 10.4 Å². The molecule has 86 valence electrons. The number of aromatic hydroxyl groups is 1. The summed E-state index contributed by atoms with van der Waals surface area (Å²) in [6, 6.07) is 1.30. The van der Waals surface area contributed by atoms with Gasteiger partial charge in [-0.05, 0) is 6.07 Å². The lowest BCUT2D eigenvalue weighted by Crippen LogP contribution is -2.29. The molecule has 0 aromatic carbocycles. The van der Waals surface area contributed by atoms with Gasteiger partial charge >= 0.3 is 0 Å². The molecule has 1 amide bonds. The minimum Gasteiger partial charge on any atom is -0.506 e. The van der Waals surface area contributed by atoms with E-state index >= 15 is 0 Å². The third-order valence-electron chi connectivity index (χ3n) is 2.52. The largest absolute Gasteiger partial charge is 0.506 e. The van der Waals surface area contributed by atoms with Crippen molar-refractivity contribution in [1.82, 2.24) is 9.88 Å². The van der Waals surface area contributed by atoms with Crippen molar-refractivity contribution in [2.45, 2.75) is 12.2 Å². The zero-order chi connectivity index (χ0) is 11.7. The van der Waals surface area contributed by atoms with E-state index in [2.05, 4.69) is 4.98 Å². The second kappa shape index (κ2) is 4.07. The number of β-amino-alcohol motifs (C(OH)–C–C–N with tert-alkyl or cyclic N) is 2. The van der Waals surface area contributed by atoms with Crippen molar-refractivity contribution in [1.29, 1.82) is 0 Å². The lowest BCUT2D eigenvalue weighted by molar-refractivity contribution is 0.0572. The van der Waals surface area contributed by atoms with Gasteiger partial charge in [-0.25, -0.2) is 0 Å². The van der Waals surface area contributed by atoms with Crippen LogP contribution in [0.15, 0.2) is 18.5 Å². The Balaban J connectivity index is 2.14. The molecule has 6 nitrogen and oxygen atoms in total. The van der Waals surface area contributed by atoms with Gasteiger partial charge in [0.25, 0.3) is 5.91 Å². The fraction of sp³-hybridized carbons (Fsp3) is 0.400. The van der Waals surface area contributed by atoms with Crippen LogP contribution in [0.2, 0.25) is 0 Å².